The Labute approximate surface area is 115 Å². The first-order valence-electron chi connectivity index (χ1n) is 4.85. The van der Waals surface area contributed by atoms with Gasteiger partial charge < -0.3 is 10.4 Å². The van der Waals surface area contributed by atoms with E-state index in [1.807, 2.05) is 5.32 Å². The maximum Gasteiger partial charge on any atom is 0.416 e. The second kappa shape index (κ2) is 6.40. The average molecular weight is 316 g/mol. The average Bonchev–Trinajstić information content (AvgIpc) is 2.34. The number of hydrogen-bond acceptors (Lipinski definition) is 5. The van der Waals surface area contributed by atoms with Crippen molar-refractivity contribution in [1.82, 2.24) is 15.3 Å². The quantitative estimate of drug-likeness (QED) is 0.650. The van der Waals surface area contributed by atoms with Gasteiger partial charge in [0, 0.05) is 0 Å². The fourth-order valence-electron chi connectivity index (χ4n) is 0.997. The van der Waals surface area contributed by atoms with Gasteiger partial charge in [-0.05, 0) is 6.26 Å². The van der Waals surface area contributed by atoms with Crippen LogP contribution < -0.4 is 5.32 Å². The molecule has 0 aliphatic heterocycles. The van der Waals surface area contributed by atoms with Gasteiger partial charge in [-0.25, -0.2) is 9.97 Å². The highest BCUT2D eigenvalue weighted by atomic mass is 35.5. The maximum absolute atomic E-state index is 12.0. The van der Waals surface area contributed by atoms with Crippen molar-refractivity contribution >= 4 is 29.3 Å². The molecule has 0 saturated heterocycles. The van der Waals surface area contributed by atoms with Crippen LogP contribution in [0.1, 0.15) is 10.5 Å². The van der Waals surface area contributed by atoms with Crippen LogP contribution in [0.15, 0.2) is 11.4 Å². The van der Waals surface area contributed by atoms with Gasteiger partial charge in [0.1, 0.15) is 0 Å². The highest BCUT2D eigenvalue weighted by Crippen LogP contribution is 2.20. The number of nitrogens with zero attached hydrogens (tertiary/aromatic N) is 2. The van der Waals surface area contributed by atoms with E-state index in [2.05, 4.69) is 9.97 Å². The molecule has 1 rings (SSSR count). The molecule has 19 heavy (non-hydrogen) atoms. The van der Waals surface area contributed by atoms with E-state index in [4.69, 9.17) is 16.7 Å². The van der Waals surface area contributed by atoms with E-state index in [1.54, 1.807) is 6.26 Å². The fourth-order valence-corrected chi connectivity index (χ4v) is 1.51. The van der Waals surface area contributed by atoms with Crippen LogP contribution in [-0.4, -0.2) is 46.1 Å². The van der Waals surface area contributed by atoms with Gasteiger partial charge in [-0.2, -0.15) is 13.2 Å². The molecule has 0 aliphatic carbocycles. The van der Waals surface area contributed by atoms with Gasteiger partial charge in [-0.15, -0.1) is 0 Å². The summed E-state index contributed by atoms with van der Waals surface area (Å²) in [5, 5.41) is 10.8. The van der Waals surface area contributed by atoms with Gasteiger partial charge in [-0.1, -0.05) is 23.4 Å². The van der Waals surface area contributed by atoms with E-state index < -0.39 is 24.7 Å². The zero-order chi connectivity index (χ0) is 14.6. The molecule has 0 saturated carbocycles. The third-order valence-electron chi connectivity index (χ3n) is 1.95. The lowest BCUT2D eigenvalue weighted by Crippen LogP contribution is -2.41. The molecule has 0 fully saturated rings. The van der Waals surface area contributed by atoms with Gasteiger partial charge >= 0.3 is 6.18 Å². The monoisotopic (exact) mass is 315 g/mol. The van der Waals surface area contributed by atoms with Crippen LogP contribution in [0.25, 0.3) is 0 Å². The van der Waals surface area contributed by atoms with E-state index in [1.165, 1.54) is 6.20 Å². The lowest BCUT2D eigenvalue weighted by Gasteiger charge is -2.15. The van der Waals surface area contributed by atoms with Crippen LogP contribution in [0.4, 0.5) is 13.2 Å². The molecule has 106 valence electrons. The summed E-state index contributed by atoms with van der Waals surface area (Å²) in [4.78, 5) is 19.2. The largest absolute Gasteiger partial charge is 0.416 e. The van der Waals surface area contributed by atoms with E-state index in [0.29, 0.717) is 0 Å². The van der Waals surface area contributed by atoms with E-state index in [-0.39, 0.29) is 15.9 Å². The Bertz CT molecular complexity index is 473. The van der Waals surface area contributed by atoms with Crippen molar-refractivity contribution in [2.45, 2.75) is 17.4 Å². The molecule has 0 bridgehead atoms. The number of alkyl halides is 3. The molecule has 0 aliphatic rings. The predicted molar refractivity (Wildman–Crippen MR) is 63.2 cm³/mol. The summed E-state index contributed by atoms with van der Waals surface area (Å²) in [6.45, 7) is -0.975. The van der Waals surface area contributed by atoms with Crippen molar-refractivity contribution in [3.05, 3.63) is 16.9 Å². The minimum absolute atomic E-state index is 0.0863. The van der Waals surface area contributed by atoms with Gasteiger partial charge in [0.25, 0.3) is 5.91 Å². The molecule has 1 unspecified atom stereocenters. The number of thioether (sulfide) groups is 1. The van der Waals surface area contributed by atoms with Crippen molar-refractivity contribution in [3.63, 3.8) is 0 Å². The highest BCUT2D eigenvalue weighted by molar-refractivity contribution is 7.98. The molecule has 5 nitrogen and oxygen atoms in total. The Kier molecular flexibility index (Phi) is 5.39. The number of halogens is 4. The normalized spacial score (nSPS) is 13.2. The zero-order valence-corrected chi connectivity index (χ0v) is 11.1. The van der Waals surface area contributed by atoms with Crippen molar-refractivity contribution < 1.29 is 23.1 Å². The number of rotatable bonds is 4. The first kappa shape index (κ1) is 16.0. The van der Waals surface area contributed by atoms with Gasteiger partial charge in [0.2, 0.25) is 0 Å². The van der Waals surface area contributed by atoms with Crippen molar-refractivity contribution in [2.24, 2.45) is 0 Å². The number of amides is 1. The Balaban J connectivity index is 2.74. The number of aliphatic hydroxyl groups is 1. The third-order valence-corrected chi connectivity index (χ3v) is 2.79. The van der Waals surface area contributed by atoms with Crippen LogP contribution in [-0.2, 0) is 0 Å². The molecular weight excluding hydrogens is 307 g/mol. The minimum Gasteiger partial charge on any atom is -0.382 e. The topological polar surface area (TPSA) is 75.1 Å². The first-order valence-corrected chi connectivity index (χ1v) is 6.45. The van der Waals surface area contributed by atoms with E-state index in [0.717, 1.165) is 11.8 Å². The molecular formula is C9H9ClF3N3O2S. The highest BCUT2D eigenvalue weighted by Gasteiger charge is 2.38. The maximum atomic E-state index is 12.0. The second-order valence-corrected chi connectivity index (χ2v) is 4.50. The van der Waals surface area contributed by atoms with Crippen LogP contribution in [0, 0.1) is 0 Å². The zero-order valence-electron chi connectivity index (χ0n) is 9.53. The first-order chi connectivity index (χ1) is 8.75. The van der Waals surface area contributed by atoms with Crippen molar-refractivity contribution in [1.29, 1.82) is 0 Å². The SMILES string of the molecule is CSc1ncc(Cl)c(C(=O)NCC(O)C(F)(F)F)n1. The molecule has 1 atom stereocenters. The number of aliphatic hydroxyl groups excluding tert-OH is 1. The van der Waals surface area contributed by atoms with Crippen LogP contribution >= 0.6 is 23.4 Å². The Hall–Kier alpha value is -1.06. The molecule has 1 amide bonds. The van der Waals surface area contributed by atoms with Gasteiger partial charge in [0.05, 0.1) is 17.8 Å². The fraction of sp³-hybridized carbons (Fsp3) is 0.444. The summed E-state index contributed by atoms with van der Waals surface area (Å²) in [5.74, 6) is -0.911. The molecule has 10 heteroatoms. The standard InChI is InChI=1S/C9H9ClF3N3O2S/c1-19-8-15-2-4(10)6(16-8)7(18)14-3-5(17)9(11,12)13/h2,5,17H,3H2,1H3,(H,14,18). The molecule has 0 aromatic carbocycles. The Morgan fingerprint density at radius 3 is 2.79 bits per heavy atom. The van der Waals surface area contributed by atoms with Crippen molar-refractivity contribution in [2.75, 3.05) is 12.8 Å². The van der Waals surface area contributed by atoms with Gasteiger partial charge in [0.15, 0.2) is 17.0 Å². The summed E-state index contributed by atoms with van der Waals surface area (Å²) in [6.07, 6.45) is -4.60. The third kappa shape index (κ3) is 4.51. The smallest absolute Gasteiger partial charge is 0.382 e. The summed E-state index contributed by atoms with van der Waals surface area (Å²) in [6, 6.07) is 0. The molecule has 0 radical (unpaired) electrons. The number of carbonyl (C=O) groups is 1. The Morgan fingerprint density at radius 1 is 1.63 bits per heavy atom. The van der Waals surface area contributed by atoms with E-state index >= 15 is 0 Å². The molecule has 0 spiro atoms. The van der Waals surface area contributed by atoms with Crippen LogP contribution in [0.3, 0.4) is 0 Å². The Morgan fingerprint density at radius 2 is 2.26 bits per heavy atom. The summed E-state index contributed by atoms with van der Waals surface area (Å²) in [7, 11) is 0. The van der Waals surface area contributed by atoms with E-state index in [9.17, 15) is 18.0 Å². The summed E-state index contributed by atoms with van der Waals surface area (Å²) >= 11 is 6.82. The van der Waals surface area contributed by atoms with Crippen molar-refractivity contribution in [3.8, 4) is 0 Å². The lowest BCUT2D eigenvalue weighted by atomic mass is 10.3. The number of nitrogens with one attached hydrogen (secondary N) is 1. The minimum atomic E-state index is -4.80. The lowest BCUT2D eigenvalue weighted by molar-refractivity contribution is -0.201. The number of carbonyl (C=O) groups excluding carboxylic acids is 1. The van der Waals surface area contributed by atoms with Gasteiger partial charge in [-0.3, -0.25) is 4.79 Å². The van der Waals surface area contributed by atoms with Crippen LogP contribution in [0.2, 0.25) is 5.02 Å². The predicted octanol–water partition coefficient (Wildman–Crippen LogP) is 1.50. The molecule has 1 aromatic rings. The molecule has 1 aromatic heterocycles. The summed E-state index contributed by atoms with van der Waals surface area (Å²) in [5.41, 5.74) is -0.240. The second-order valence-electron chi connectivity index (χ2n) is 3.32. The number of aromatic nitrogens is 2. The summed E-state index contributed by atoms with van der Waals surface area (Å²) < 4.78 is 36.1. The molecule has 1 heterocycles. The molecule has 2 N–H and O–H groups in total. The van der Waals surface area contributed by atoms with Crippen LogP contribution in [0.5, 0.6) is 0 Å². The number of hydrogen-bond donors (Lipinski definition) is 2.